The average molecular weight is 499 g/mol. The number of pyridine rings is 1. The van der Waals surface area contributed by atoms with Crippen molar-refractivity contribution < 1.29 is 0 Å². The quantitative estimate of drug-likeness (QED) is 0.201. The third-order valence-corrected chi connectivity index (χ3v) is 4.12. The van der Waals surface area contributed by atoms with E-state index in [1.807, 2.05) is 36.4 Å². The molecule has 3 rings (SSSR count). The van der Waals surface area contributed by atoms with E-state index in [4.69, 9.17) is 11.6 Å². The number of aromatic nitrogens is 3. The molecule has 0 saturated carbocycles. The van der Waals surface area contributed by atoms with Crippen LogP contribution in [0.25, 0.3) is 11.0 Å². The smallest absolute Gasteiger partial charge is 0.191 e. The Balaban J connectivity index is 0.00000261. The fourth-order valence-corrected chi connectivity index (χ4v) is 2.73. The van der Waals surface area contributed by atoms with Crippen LogP contribution in [0, 0.1) is 0 Å². The first kappa shape index (κ1) is 21.4. The highest BCUT2D eigenvalue weighted by atomic mass is 127. The lowest BCUT2D eigenvalue weighted by Crippen LogP contribution is -2.38. The molecule has 3 aromatic rings. The highest BCUT2D eigenvalue weighted by Gasteiger charge is 2.02. The summed E-state index contributed by atoms with van der Waals surface area (Å²) in [7, 11) is 0. The van der Waals surface area contributed by atoms with Gasteiger partial charge in [0.15, 0.2) is 5.96 Å². The molecule has 0 spiro atoms. The average Bonchev–Trinajstić information content (AvgIpc) is 3.06. The maximum atomic E-state index is 5.81. The summed E-state index contributed by atoms with van der Waals surface area (Å²) in [6, 6.07) is 11.8. The van der Waals surface area contributed by atoms with Crippen molar-refractivity contribution in [2.45, 2.75) is 19.8 Å². The van der Waals surface area contributed by atoms with Crippen LogP contribution in [0.1, 0.15) is 18.3 Å². The van der Waals surface area contributed by atoms with Gasteiger partial charge in [-0.05, 0) is 37.1 Å². The number of para-hydroxylation sites is 2. The molecule has 0 atom stereocenters. The van der Waals surface area contributed by atoms with Gasteiger partial charge in [-0.1, -0.05) is 29.8 Å². The molecular weight excluding hydrogens is 475 g/mol. The predicted molar refractivity (Wildman–Crippen MR) is 122 cm³/mol. The molecular formula is C19H24ClIN6. The first-order valence-electron chi connectivity index (χ1n) is 8.81. The van der Waals surface area contributed by atoms with Crippen LogP contribution in [0.15, 0.2) is 47.6 Å². The fraction of sp³-hybridized carbons (Fsp3) is 0.316. The lowest BCUT2D eigenvalue weighted by atomic mass is 10.2. The summed E-state index contributed by atoms with van der Waals surface area (Å²) in [5.74, 6) is 1.77. The number of fused-ring (bicyclic) bond motifs is 1. The van der Waals surface area contributed by atoms with E-state index < -0.39 is 0 Å². The molecule has 0 aliphatic heterocycles. The highest BCUT2D eigenvalue weighted by Crippen LogP contribution is 2.10. The Morgan fingerprint density at radius 3 is 2.74 bits per heavy atom. The van der Waals surface area contributed by atoms with Gasteiger partial charge in [-0.15, -0.1) is 24.0 Å². The van der Waals surface area contributed by atoms with Crippen molar-refractivity contribution in [2.24, 2.45) is 4.99 Å². The van der Waals surface area contributed by atoms with Crippen LogP contribution in [0.5, 0.6) is 0 Å². The van der Waals surface area contributed by atoms with Crippen LogP contribution in [0.3, 0.4) is 0 Å². The van der Waals surface area contributed by atoms with Gasteiger partial charge in [0.05, 0.1) is 11.0 Å². The SMILES string of the molecule is CCNC(=NCCc1nc2ccccc2[nH]1)NCCc1ccc(Cl)nc1.I. The number of rotatable bonds is 7. The molecule has 0 amide bonds. The third kappa shape index (κ3) is 6.66. The van der Waals surface area contributed by atoms with E-state index in [0.29, 0.717) is 11.7 Å². The van der Waals surface area contributed by atoms with Crippen LogP contribution in [-0.4, -0.2) is 40.5 Å². The summed E-state index contributed by atoms with van der Waals surface area (Å²) in [5, 5.41) is 7.12. The molecule has 0 aliphatic rings. The number of nitrogens with one attached hydrogen (secondary N) is 3. The van der Waals surface area contributed by atoms with Gasteiger partial charge in [0.25, 0.3) is 0 Å². The second kappa shape index (κ2) is 11.1. The minimum atomic E-state index is 0. The Morgan fingerprint density at radius 2 is 2.00 bits per heavy atom. The van der Waals surface area contributed by atoms with Crippen LogP contribution in [0.4, 0.5) is 0 Å². The predicted octanol–water partition coefficient (Wildman–Crippen LogP) is 3.57. The summed E-state index contributed by atoms with van der Waals surface area (Å²) in [5.41, 5.74) is 3.20. The van der Waals surface area contributed by atoms with Crippen molar-refractivity contribution in [2.75, 3.05) is 19.6 Å². The Morgan fingerprint density at radius 1 is 1.15 bits per heavy atom. The molecule has 8 heteroatoms. The summed E-state index contributed by atoms with van der Waals surface area (Å²) in [4.78, 5) is 16.6. The standard InChI is InChI=1S/C19H23ClN6.HI/c1-2-21-19(22-11-9-14-7-8-17(20)24-13-14)23-12-10-18-25-15-5-3-4-6-16(15)26-18;/h3-8,13H,2,9-12H2,1H3,(H,25,26)(H2,21,22,23);1H. The van der Waals surface area contributed by atoms with E-state index >= 15 is 0 Å². The number of hydrogen-bond acceptors (Lipinski definition) is 3. The molecule has 144 valence electrons. The van der Waals surface area contributed by atoms with Crippen LogP contribution < -0.4 is 10.6 Å². The number of nitrogens with zero attached hydrogens (tertiary/aromatic N) is 3. The first-order valence-corrected chi connectivity index (χ1v) is 9.18. The Kier molecular flexibility index (Phi) is 8.80. The zero-order chi connectivity index (χ0) is 18.2. The molecule has 0 unspecified atom stereocenters. The van der Waals surface area contributed by atoms with Crippen molar-refractivity contribution in [3.8, 4) is 0 Å². The van der Waals surface area contributed by atoms with Crippen molar-refractivity contribution in [1.82, 2.24) is 25.6 Å². The minimum absolute atomic E-state index is 0. The van der Waals surface area contributed by atoms with Gasteiger partial charge in [0, 0.05) is 32.3 Å². The van der Waals surface area contributed by atoms with E-state index in [-0.39, 0.29) is 24.0 Å². The fourth-order valence-electron chi connectivity index (χ4n) is 2.62. The molecule has 0 bridgehead atoms. The maximum absolute atomic E-state index is 5.81. The molecule has 0 radical (unpaired) electrons. The number of hydrogen-bond donors (Lipinski definition) is 3. The number of benzene rings is 1. The van der Waals surface area contributed by atoms with Gasteiger partial charge in [0.2, 0.25) is 0 Å². The number of guanidine groups is 1. The van der Waals surface area contributed by atoms with Crippen LogP contribution in [-0.2, 0) is 12.8 Å². The molecule has 1 aromatic carbocycles. The van der Waals surface area contributed by atoms with Gasteiger partial charge < -0.3 is 15.6 Å². The lowest BCUT2D eigenvalue weighted by molar-refractivity contribution is 0.790. The second-order valence-electron chi connectivity index (χ2n) is 5.88. The summed E-state index contributed by atoms with van der Waals surface area (Å²) in [6.07, 6.45) is 3.43. The van der Waals surface area contributed by atoms with E-state index in [0.717, 1.165) is 54.3 Å². The van der Waals surface area contributed by atoms with Crippen LogP contribution in [0.2, 0.25) is 5.15 Å². The molecule has 27 heavy (non-hydrogen) atoms. The topological polar surface area (TPSA) is 78.0 Å². The summed E-state index contributed by atoms with van der Waals surface area (Å²) >= 11 is 5.81. The zero-order valence-electron chi connectivity index (χ0n) is 15.2. The van der Waals surface area contributed by atoms with Crippen LogP contribution >= 0.6 is 35.6 Å². The minimum Gasteiger partial charge on any atom is -0.357 e. The Labute approximate surface area is 181 Å². The Bertz CT molecular complexity index is 829. The van der Waals surface area contributed by atoms with Gasteiger partial charge in [-0.25, -0.2) is 9.97 Å². The van der Waals surface area contributed by atoms with Crippen molar-refractivity contribution in [1.29, 1.82) is 0 Å². The lowest BCUT2D eigenvalue weighted by Gasteiger charge is -2.11. The molecule has 6 nitrogen and oxygen atoms in total. The summed E-state index contributed by atoms with van der Waals surface area (Å²) < 4.78 is 0. The van der Waals surface area contributed by atoms with Gasteiger partial charge in [0.1, 0.15) is 11.0 Å². The zero-order valence-corrected chi connectivity index (χ0v) is 18.3. The van der Waals surface area contributed by atoms with E-state index in [1.54, 1.807) is 6.20 Å². The molecule has 0 saturated heterocycles. The Hall–Kier alpha value is -1.87. The highest BCUT2D eigenvalue weighted by molar-refractivity contribution is 14.0. The van der Waals surface area contributed by atoms with E-state index in [1.165, 1.54) is 0 Å². The van der Waals surface area contributed by atoms with Crippen molar-refractivity contribution in [3.05, 3.63) is 59.1 Å². The van der Waals surface area contributed by atoms with Crippen molar-refractivity contribution in [3.63, 3.8) is 0 Å². The third-order valence-electron chi connectivity index (χ3n) is 3.90. The van der Waals surface area contributed by atoms with Gasteiger partial charge >= 0.3 is 0 Å². The number of aliphatic imine (C=N–C) groups is 1. The number of imidazole rings is 1. The molecule has 2 heterocycles. The largest absolute Gasteiger partial charge is 0.357 e. The molecule has 3 N–H and O–H groups in total. The monoisotopic (exact) mass is 498 g/mol. The normalized spacial score (nSPS) is 11.3. The number of halogens is 2. The van der Waals surface area contributed by atoms with Gasteiger partial charge in [-0.2, -0.15) is 0 Å². The number of aromatic amines is 1. The molecule has 0 aliphatic carbocycles. The molecule has 0 fully saturated rings. The van der Waals surface area contributed by atoms with E-state index in [2.05, 4.69) is 37.5 Å². The number of H-pyrrole nitrogens is 1. The van der Waals surface area contributed by atoms with E-state index in [9.17, 15) is 0 Å². The summed E-state index contributed by atoms with van der Waals surface area (Å²) in [6.45, 7) is 4.32. The van der Waals surface area contributed by atoms with Crippen molar-refractivity contribution >= 4 is 52.6 Å². The molecule has 2 aromatic heterocycles. The second-order valence-corrected chi connectivity index (χ2v) is 6.26. The maximum Gasteiger partial charge on any atom is 0.191 e. The van der Waals surface area contributed by atoms with Gasteiger partial charge in [-0.3, -0.25) is 4.99 Å². The first-order chi connectivity index (χ1) is 12.7.